The Kier molecular flexibility index (Phi) is 9.03. The lowest BCUT2D eigenvalue weighted by molar-refractivity contribution is 0.0730. The van der Waals surface area contributed by atoms with Gasteiger partial charge in [-0.05, 0) is 48.5 Å². The molecule has 3 heterocycles. The van der Waals surface area contributed by atoms with Gasteiger partial charge in [0.1, 0.15) is 0 Å². The van der Waals surface area contributed by atoms with Gasteiger partial charge in [0.25, 0.3) is 0 Å². The molecular weight excluding hydrogens is 564 g/mol. The van der Waals surface area contributed by atoms with Crippen LogP contribution in [0.15, 0.2) is 76.1 Å². The van der Waals surface area contributed by atoms with Crippen LogP contribution in [0.5, 0.6) is 17.2 Å². The number of aryl methyl sites for hydroxylation is 1. The molecule has 10 nitrogen and oxygen atoms in total. The summed E-state index contributed by atoms with van der Waals surface area (Å²) in [5, 5.41) is 2.04. The van der Waals surface area contributed by atoms with E-state index in [9.17, 15) is 8.42 Å². The van der Waals surface area contributed by atoms with Crippen molar-refractivity contribution < 1.29 is 27.4 Å². The van der Waals surface area contributed by atoms with Crippen LogP contribution in [0.2, 0.25) is 0 Å². The number of methoxy groups -OCH3 is 3. The molecule has 0 saturated carbocycles. The summed E-state index contributed by atoms with van der Waals surface area (Å²) in [4.78, 5) is 10.4. The van der Waals surface area contributed by atoms with Gasteiger partial charge in [0.2, 0.25) is 15.8 Å². The number of pyridine rings is 1. The fourth-order valence-corrected chi connectivity index (χ4v) is 6.97. The summed E-state index contributed by atoms with van der Waals surface area (Å²) < 4.78 is 51.7. The molecule has 5 rings (SSSR count). The molecule has 2 aromatic carbocycles. The van der Waals surface area contributed by atoms with E-state index in [2.05, 4.69) is 9.55 Å². The summed E-state index contributed by atoms with van der Waals surface area (Å²) in [6.45, 7) is 2.12. The van der Waals surface area contributed by atoms with Gasteiger partial charge in [-0.2, -0.15) is 4.31 Å². The Bertz CT molecular complexity index is 1620. The van der Waals surface area contributed by atoms with Crippen LogP contribution in [0.4, 0.5) is 5.69 Å². The van der Waals surface area contributed by atoms with Gasteiger partial charge < -0.3 is 23.5 Å². The number of hydrogen-bond donors (Lipinski definition) is 0. The van der Waals surface area contributed by atoms with Crippen LogP contribution in [-0.2, 0) is 27.7 Å². The molecule has 12 heteroatoms. The number of ether oxygens (including phenoxy) is 4. The monoisotopic (exact) mass is 596 g/mol. The van der Waals surface area contributed by atoms with Crippen LogP contribution in [0.25, 0.3) is 11.3 Å². The first-order chi connectivity index (χ1) is 19.9. The van der Waals surface area contributed by atoms with Gasteiger partial charge in [-0.25, -0.2) is 13.4 Å². The topological polar surface area (TPSA) is 104 Å². The molecule has 0 N–H and O–H groups in total. The highest BCUT2D eigenvalue weighted by Gasteiger charge is 2.26. The van der Waals surface area contributed by atoms with Gasteiger partial charge >= 0.3 is 0 Å². The third kappa shape index (κ3) is 6.30. The van der Waals surface area contributed by atoms with Crippen molar-refractivity contribution >= 4 is 27.0 Å². The van der Waals surface area contributed by atoms with Crippen molar-refractivity contribution in [3.63, 3.8) is 0 Å². The molecule has 1 aliphatic heterocycles. The zero-order valence-electron chi connectivity index (χ0n) is 23.1. The summed E-state index contributed by atoms with van der Waals surface area (Å²) in [5.74, 6) is 1.63. The van der Waals surface area contributed by atoms with Crippen molar-refractivity contribution in [3.8, 4) is 28.5 Å². The molecular formula is C29H32N4O6S2. The summed E-state index contributed by atoms with van der Waals surface area (Å²) in [7, 11) is 1.18. The molecule has 0 atom stereocenters. The minimum atomic E-state index is -3.58. The fourth-order valence-electron chi connectivity index (χ4n) is 4.61. The quantitative estimate of drug-likeness (QED) is 0.271. The Morgan fingerprint density at radius 3 is 2.29 bits per heavy atom. The molecule has 2 aromatic heterocycles. The average molecular weight is 597 g/mol. The van der Waals surface area contributed by atoms with Crippen molar-refractivity contribution in [1.29, 1.82) is 0 Å². The average Bonchev–Trinajstić information content (AvgIpc) is 3.42. The SMILES string of the molecule is COc1cc(-c2csc(=Nc3ccc(S(=O)(=O)N4CCOCC4)cc3)n2CCc2ccccn2)cc(OC)c1OC. The number of thiazole rings is 1. The second-order valence-corrected chi connectivity index (χ2v) is 11.9. The van der Waals surface area contributed by atoms with E-state index in [1.54, 1.807) is 51.8 Å². The number of nitrogens with zero attached hydrogens (tertiary/aromatic N) is 4. The number of sulfonamides is 1. The third-order valence-electron chi connectivity index (χ3n) is 6.75. The molecule has 4 aromatic rings. The van der Waals surface area contributed by atoms with E-state index in [1.165, 1.54) is 15.6 Å². The third-order valence-corrected chi connectivity index (χ3v) is 9.52. The zero-order chi connectivity index (χ0) is 28.8. The van der Waals surface area contributed by atoms with Crippen molar-refractivity contribution in [2.24, 2.45) is 4.99 Å². The first-order valence-corrected chi connectivity index (χ1v) is 15.4. The minimum Gasteiger partial charge on any atom is -0.493 e. The number of aromatic nitrogens is 2. The minimum absolute atomic E-state index is 0.241. The van der Waals surface area contributed by atoms with E-state index in [4.69, 9.17) is 23.9 Å². The molecule has 0 bridgehead atoms. The van der Waals surface area contributed by atoms with Crippen molar-refractivity contribution in [2.45, 2.75) is 17.9 Å². The molecule has 216 valence electrons. The van der Waals surface area contributed by atoms with Gasteiger partial charge in [0.05, 0.1) is 50.8 Å². The molecule has 0 aliphatic carbocycles. The second-order valence-electron chi connectivity index (χ2n) is 9.16. The number of benzene rings is 2. The second kappa shape index (κ2) is 12.9. The lowest BCUT2D eigenvalue weighted by Crippen LogP contribution is -2.40. The Balaban J connectivity index is 1.53. The summed E-state index contributed by atoms with van der Waals surface area (Å²) in [5.41, 5.74) is 3.42. The van der Waals surface area contributed by atoms with Gasteiger partial charge in [-0.3, -0.25) is 4.98 Å². The number of hydrogen-bond acceptors (Lipinski definition) is 9. The molecule has 1 aliphatic rings. The summed E-state index contributed by atoms with van der Waals surface area (Å²) >= 11 is 1.49. The largest absolute Gasteiger partial charge is 0.493 e. The van der Waals surface area contributed by atoms with E-state index in [0.29, 0.717) is 62.2 Å². The standard InChI is InChI=1S/C29H32N4O6S2/c1-36-26-18-21(19-27(37-2)28(26)38-3)25-20-40-29(33(25)13-11-22-6-4-5-12-30-22)31-23-7-9-24(10-8-23)41(34,35)32-14-16-39-17-15-32/h4-10,12,18-20H,11,13-17H2,1-3H3. The van der Waals surface area contributed by atoms with Gasteiger partial charge in [0, 0.05) is 48.9 Å². The van der Waals surface area contributed by atoms with Gasteiger partial charge in [-0.1, -0.05) is 6.07 Å². The fraction of sp³-hybridized carbons (Fsp3) is 0.310. The van der Waals surface area contributed by atoms with E-state index in [0.717, 1.165) is 21.8 Å². The summed E-state index contributed by atoms with van der Waals surface area (Å²) in [6.07, 6.45) is 2.48. The Labute approximate surface area is 243 Å². The highest BCUT2D eigenvalue weighted by molar-refractivity contribution is 7.89. The normalized spacial score (nSPS) is 14.7. The maximum Gasteiger partial charge on any atom is 0.243 e. The lowest BCUT2D eigenvalue weighted by atomic mass is 10.1. The zero-order valence-corrected chi connectivity index (χ0v) is 24.8. The molecule has 0 radical (unpaired) electrons. The maximum absolute atomic E-state index is 13.0. The molecule has 1 saturated heterocycles. The van der Waals surface area contributed by atoms with E-state index in [1.807, 2.05) is 35.7 Å². The van der Waals surface area contributed by atoms with Crippen LogP contribution in [-0.4, -0.2) is 69.9 Å². The Morgan fingerprint density at radius 2 is 1.68 bits per heavy atom. The highest BCUT2D eigenvalue weighted by atomic mass is 32.2. The Hall–Kier alpha value is -3.71. The van der Waals surface area contributed by atoms with Gasteiger partial charge in [0.15, 0.2) is 16.3 Å². The van der Waals surface area contributed by atoms with Crippen molar-refractivity contribution in [2.75, 3.05) is 47.6 Å². The predicted molar refractivity (Wildman–Crippen MR) is 157 cm³/mol. The first kappa shape index (κ1) is 28.8. The van der Waals surface area contributed by atoms with Crippen LogP contribution in [0.1, 0.15) is 5.69 Å². The van der Waals surface area contributed by atoms with Crippen LogP contribution < -0.4 is 19.0 Å². The molecule has 0 unspecified atom stereocenters. The molecule has 0 amide bonds. The predicted octanol–water partition coefficient (Wildman–Crippen LogP) is 4.13. The van der Waals surface area contributed by atoms with Crippen LogP contribution in [0, 0.1) is 0 Å². The lowest BCUT2D eigenvalue weighted by Gasteiger charge is -2.26. The van der Waals surface area contributed by atoms with Crippen molar-refractivity contribution in [1.82, 2.24) is 13.9 Å². The number of morpholine rings is 1. The van der Waals surface area contributed by atoms with E-state index in [-0.39, 0.29) is 4.90 Å². The van der Waals surface area contributed by atoms with E-state index >= 15 is 0 Å². The van der Waals surface area contributed by atoms with Gasteiger partial charge in [-0.15, -0.1) is 11.3 Å². The van der Waals surface area contributed by atoms with Crippen LogP contribution in [0.3, 0.4) is 0 Å². The first-order valence-electron chi connectivity index (χ1n) is 13.1. The van der Waals surface area contributed by atoms with Crippen LogP contribution >= 0.6 is 11.3 Å². The summed E-state index contributed by atoms with van der Waals surface area (Å²) in [6, 6.07) is 16.4. The smallest absolute Gasteiger partial charge is 0.243 e. The molecule has 41 heavy (non-hydrogen) atoms. The molecule has 0 spiro atoms. The van der Waals surface area contributed by atoms with E-state index < -0.39 is 10.0 Å². The highest BCUT2D eigenvalue weighted by Crippen LogP contribution is 2.41. The Morgan fingerprint density at radius 1 is 0.976 bits per heavy atom. The molecule has 1 fully saturated rings. The van der Waals surface area contributed by atoms with Crippen molar-refractivity contribution in [3.05, 3.63) is 76.7 Å². The number of rotatable bonds is 10. The maximum atomic E-state index is 13.0.